The Balaban J connectivity index is 2.23. The van der Waals surface area contributed by atoms with Gasteiger partial charge in [-0.3, -0.25) is 4.79 Å². The molecule has 1 amide bonds. The van der Waals surface area contributed by atoms with Gasteiger partial charge in [0.15, 0.2) is 5.75 Å². The van der Waals surface area contributed by atoms with E-state index in [0.29, 0.717) is 28.6 Å². The highest BCUT2D eigenvalue weighted by atomic mass is 35.5. The van der Waals surface area contributed by atoms with E-state index in [9.17, 15) is 4.79 Å². The zero-order valence-electron chi connectivity index (χ0n) is 11.9. The number of carbonyl (C=O) groups is 1. The summed E-state index contributed by atoms with van der Waals surface area (Å²) in [6.07, 6.45) is 0.383. The Morgan fingerprint density at radius 1 is 1.14 bits per heavy atom. The number of anilines is 1. The fraction of sp³-hybridized carbons (Fsp3) is 0.188. The van der Waals surface area contributed by atoms with E-state index < -0.39 is 0 Å². The van der Waals surface area contributed by atoms with Crippen LogP contribution in [0.5, 0.6) is 17.2 Å². The lowest BCUT2D eigenvalue weighted by molar-refractivity contribution is -0.115. The molecular formula is C16H16ClNO3. The number of nitrogens with one attached hydrogen (secondary N) is 1. The van der Waals surface area contributed by atoms with Crippen LogP contribution in [0.15, 0.2) is 42.5 Å². The lowest BCUT2D eigenvalue weighted by Gasteiger charge is -2.12. The van der Waals surface area contributed by atoms with Gasteiger partial charge in [0.2, 0.25) is 5.91 Å². The summed E-state index contributed by atoms with van der Waals surface area (Å²) < 4.78 is 10.9. The number of hydrogen-bond donors (Lipinski definition) is 1. The maximum atomic E-state index is 11.6. The van der Waals surface area contributed by atoms with Crippen molar-refractivity contribution in [2.75, 3.05) is 12.4 Å². The van der Waals surface area contributed by atoms with Gasteiger partial charge in [0, 0.05) is 11.4 Å². The molecule has 0 saturated heterocycles. The van der Waals surface area contributed by atoms with E-state index in [2.05, 4.69) is 5.32 Å². The summed E-state index contributed by atoms with van der Waals surface area (Å²) in [4.78, 5) is 11.6. The van der Waals surface area contributed by atoms with Crippen LogP contribution < -0.4 is 14.8 Å². The van der Waals surface area contributed by atoms with Crippen LogP contribution >= 0.6 is 11.6 Å². The molecule has 0 heterocycles. The molecule has 21 heavy (non-hydrogen) atoms. The Labute approximate surface area is 128 Å². The second-order valence-corrected chi connectivity index (χ2v) is 4.76. The van der Waals surface area contributed by atoms with Gasteiger partial charge in [0.05, 0.1) is 12.8 Å². The molecule has 0 fully saturated rings. The average Bonchev–Trinajstić information content (AvgIpc) is 2.50. The molecule has 0 saturated carbocycles. The van der Waals surface area contributed by atoms with Crippen LogP contribution in [0.1, 0.15) is 13.3 Å². The molecule has 2 aromatic rings. The zero-order valence-corrected chi connectivity index (χ0v) is 12.6. The van der Waals surface area contributed by atoms with Crippen molar-refractivity contribution in [3.63, 3.8) is 0 Å². The van der Waals surface area contributed by atoms with Crippen molar-refractivity contribution in [2.24, 2.45) is 0 Å². The lowest BCUT2D eigenvalue weighted by Crippen LogP contribution is -2.10. The minimum Gasteiger partial charge on any atom is -0.497 e. The molecule has 110 valence electrons. The smallest absolute Gasteiger partial charge is 0.224 e. The van der Waals surface area contributed by atoms with Crippen molar-refractivity contribution >= 4 is 23.2 Å². The van der Waals surface area contributed by atoms with E-state index in [-0.39, 0.29) is 5.91 Å². The maximum Gasteiger partial charge on any atom is 0.224 e. The first-order chi connectivity index (χ1) is 10.1. The molecule has 0 aliphatic rings. The molecule has 0 unspecified atom stereocenters. The average molecular weight is 306 g/mol. The van der Waals surface area contributed by atoms with Crippen LogP contribution in [0.4, 0.5) is 5.69 Å². The van der Waals surface area contributed by atoms with E-state index in [1.165, 1.54) is 0 Å². The van der Waals surface area contributed by atoms with E-state index in [1.807, 2.05) is 0 Å². The SMILES string of the molecule is CCC(=O)Nc1cc(Cl)ccc1Oc1ccc(OC)cc1. The molecule has 0 radical (unpaired) electrons. The number of hydrogen-bond acceptors (Lipinski definition) is 3. The van der Waals surface area contributed by atoms with Gasteiger partial charge in [-0.05, 0) is 42.5 Å². The third-order valence-electron chi connectivity index (χ3n) is 2.82. The largest absolute Gasteiger partial charge is 0.497 e. The van der Waals surface area contributed by atoms with Gasteiger partial charge in [0.25, 0.3) is 0 Å². The Morgan fingerprint density at radius 2 is 1.81 bits per heavy atom. The van der Waals surface area contributed by atoms with Crippen molar-refractivity contribution in [1.82, 2.24) is 0 Å². The van der Waals surface area contributed by atoms with E-state index in [4.69, 9.17) is 21.1 Å². The normalized spacial score (nSPS) is 10.0. The fourth-order valence-corrected chi connectivity index (χ4v) is 1.87. The Kier molecular flexibility index (Phi) is 5.06. The number of methoxy groups -OCH3 is 1. The minimum atomic E-state index is -0.100. The van der Waals surface area contributed by atoms with Gasteiger partial charge >= 0.3 is 0 Å². The van der Waals surface area contributed by atoms with Crippen molar-refractivity contribution < 1.29 is 14.3 Å². The molecule has 1 N–H and O–H groups in total. The van der Waals surface area contributed by atoms with Crippen LogP contribution in [0.3, 0.4) is 0 Å². The summed E-state index contributed by atoms with van der Waals surface area (Å²) in [7, 11) is 1.60. The third-order valence-corrected chi connectivity index (χ3v) is 3.06. The predicted molar refractivity (Wildman–Crippen MR) is 83.4 cm³/mol. The number of carbonyl (C=O) groups excluding carboxylic acids is 1. The number of amides is 1. The summed E-state index contributed by atoms with van der Waals surface area (Å²) in [6.45, 7) is 1.78. The number of ether oxygens (including phenoxy) is 2. The highest BCUT2D eigenvalue weighted by Crippen LogP contribution is 2.32. The van der Waals surface area contributed by atoms with E-state index in [0.717, 1.165) is 5.75 Å². The van der Waals surface area contributed by atoms with Gasteiger partial charge in [0.1, 0.15) is 11.5 Å². The molecule has 5 heteroatoms. The lowest BCUT2D eigenvalue weighted by atomic mass is 10.2. The minimum absolute atomic E-state index is 0.100. The highest BCUT2D eigenvalue weighted by Gasteiger charge is 2.09. The first kappa shape index (κ1) is 15.2. The van der Waals surface area contributed by atoms with Crippen molar-refractivity contribution in [3.05, 3.63) is 47.5 Å². The van der Waals surface area contributed by atoms with Gasteiger partial charge < -0.3 is 14.8 Å². The van der Waals surface area contributed by atoms with Gasteiger partial charge in [-0.1, -0.05) is 18.5 Å². The monoisotopic (exact) mass is 305 g/mol. The Bertz CT molecular complexity index is 626. The first-order valence-corrected chi connectivity index (χ1v) is 6.91. The molecule has 0 aliphatic heterocycles. The first-order valence-electron chi connectivity index (χ1n) is 6.53. The highest BCUT2D eigenvalue weighted by molar-refractivity contribution is 6.31. The van der Waals surface area contributed by atoms with Gasteiger partial charge in [-0.25, -0.2) is 0 Å². The fourth-order valence-electron chi connectivity index (χ4n) is 1.70. The Morgan fingerprint density at radius 3 is 2.43 bits per heavy atom. The number of benzene rings is 2. The van der Waals surface area contributed by atoms with Crippen LogP contribution in [0, 0.1) is 0 Å². The topological polar surface area (TPSA) is 47.6 Å². The summed E-state index contributed by atoms with van der Waals surface area (Å²) in [5, 5.41) is 3.30. The van der Waals surface area contributed by atoms with Crippen LogP contribution in [0.25, 0.3) is 0 Å². The van der Waals surface area contributed by atoms with Crippen molar-refractivity contribution in [3.8, 4) is 17.2 Å². The van der Waals surface area contributed by atoms with E-state index >= 15 is 0 Å². The molecule has 2 aromatic carbocycles. The molecule has 4 nitrogen and oxygen atoms in total. The van der Waals surface area contributed by atoms with Crippen molar-refractivity contribution in [1.29, 1.82) is 0 Å². The molecule has 0 aliphatic carbocycles. The molecule has 0 aromatic heterocycles. The standard InChI is InChI=1S/C16H16ClNO3/c1-3-16(19)18-14-10-11(17)4-9-15(14)21-13-7-5-12(20-2)6-8-13/h4-10H,3H2,1-2H3,(H,18,19). The van der Waals surface area contributed by atoms with Crippen LogP contribution in [-0.2, 0) is 4.79 Å². The molecule has 0 bridgehead atoms. The van der Waals surface area contributed by atoms with Gasteiger partial charge in [-0.2, -0.15) is 0 Å². The Hall–Kier alpha value is -2.20. The zero-order chi connectivity index (χ0) is 15.2. The summed E-state index contributed by atoms with van der Waals surface area (Å²) in [5.74, 6) is 1.83. The predicted octanol–water partition coefficient (Wildman–Crippen LogP) is 4.49. The number of rotatable bonds is 5. The van der Waals surface area contributed by atoms with Gasteiger partial charge in [-0.15, -0.1) is 0 Å². The second-order valence-electron chi connectivity index (χ2n) is 4.32. The number of halogens is 1. The summed E-state index contributed by atoms with van der Waals surface area (Å²) in [6, 6.07) is 12.3. The second kappa shape index (κ2) is 6.99. The van der Waals surface area contributed by atoms with Crippen LogP contribution in [-0.4, -0.2) is 13.0 Å². The van der Waals surface area contributed by atoms with E-state index in [1.54, 1.807) is 56.5 Å². The molecule has 2 rings (SSSR count). The summed E-state index contributed by atoms with van der Waals surface area (Å²) in [5.41, 5.74) is 0.546. The van der Waals surface area contributed by atoms with Crippen LogP contribution in [0.2, 0.25) is 5.02 Å². The van der Waals surface area contributed by atoms with Crippen molar-refractivity contribution in [2.45, 2.75) is 13.3 Å². The molecule has 0 spiro atoms. The molecule has 0 atom stereocenters. The molecular weight excluding hydrogens is 290 g/mol. The third kappa shape index (κ3) is 4.13. The summed E-state index contributed by atoms with van der Waals surface area (Å²) >= 11 is 5.96. The quantitative estimate of drug-likeness (QED) is 0.885. The maximum absolute atomic E-state index is 11.6.